The number of para-hydroxylation sites is 2. The molecule has 0 amide bonds. The number of hydrazone groups is 1. The molecule has 22 heavy (non-hydrogen) atoms. The first-order valence-corrected chi connectivity index (χ1v) is 6.56. The van der Waals surface area contributed by atoms with Gasteiger partial charge in [-0.05, 0) is 19.9 Å². The molecule has 1 aliphatic rings. The van der Waals surface area contributed by atoms with Gasteiger partial charge in [0.25, 0.3) is 11.6 Å². The molecule has 0 N–H and O–H groups in total. The Hall–Kier alpha value is -2.77. The second-order valence-electron chi connectivity index (χ2n) is 5.17. The number of nitro groups is 1. The molecule has 0 aliphatic carbocycles. The average molecular weight is 305 g/mol. The van der Waals surface area contributed by atoms with Gasteiger partial charge in [0.15, 0.2) is 0 Å². The molecule has 0 aromatic heterocycles. The quantitative estimate of drug-likeness (QED) is 0.609. The second kappa shape index (κ2) is 5.55. The van der Waals surface area contributed by atoms with Gasteiger partial charge in [-0.2, -0.15) is 0 Å². The van der Waals surface area contributed by atoms with Gasteiger partial charge in [-0.1, -0.05) is 12.1 Å². The highest BCUT2D eigenvalue weighted by Gasteiger charge is 2.45. The van der Waals surface area contributed by atoms with Gasteiger partial charge in [0, 0.05) is 13.0 Å². The zero-order chi connectivity index (χ0) is 16.5. The summed E-state index contributed by atoms with van der Waals surface area (Å²) in [7, 11) is 0. The lowest BCUT2D eigenvalue weighted by molar-refractivity contribution is -0.384. The lowest BCUT2D eigenvalue weighted by atomic mass is 10.1. The van der Waals surface area contributed by atoms with Gasteiger partial charge in [-0.3, -0.25) is 19.7 Å². The minimum Gasteiger partial charge on any atom is -0.445 e. The fraction of sp³-hybridized carbons (Fsp3) is 0.357. The Kier molecular flexibility index (Phi) is 3.94. The summed E-state index contributed by atoms with van der Waals surface area (Å²) in [6, 6.07) is 5.95. The number of hydrogen-bond donors (Lipinski definition) is 0. The lowest BCUT2D eigenvalue weighted by Crippen LogP contribution is -2.43. The van der Waals surface area contributed by atoms with Crippen molar-refractivity contribution in [2.75, 3.05) is 5.01 Å². The number of benzene rings is 1. The third kappa shape index (κ3) is 2.80. The zero-order valence-corrected chi connectivity index (χ0v) is 12.4. The Balaban J connectivity index is 2.55. The fourth-order valence-electron chi connectivity index (χ4n) is 2.29. The van der Waals surface area contributed by atoms with E-state index in [1.165, 1.54) is 37.1 Å². The lowest BCUT2D eigenvalue weighted by Gasteiger charge is -2.31. The monoisotopic (exact) mass is 305 g/mol. The van der Waals surface area contributed by atoms with Crippen LogP contribution in [0.15, 0.2) is 29.4 Å². The molecule has 0 fully saturated rings. The molecular weight excluding hydrogens is 290 g/mol. The Bertz CT molecular complexity index is 685. The Morgan fingerprint density at radius 2 is 2.00 bits per heavy atom. The summed E-state index contributed by atoms with van der Waals surface area (Å²) in [6.45, 7) is 4.21. The molecule has 116 valence electrons. The summed E-state index contributed by atoms with van der Waals surface area (Å²) in [5.41, 5.74) is -1.30. The van der Waals surface area contributed by atoms with Crippen molar-refractivity contribution in [2.45, 2.75) is 32.9 Å². The number of rotatable bonds is 5. The maximum Gasteiger partial charge on any atom is 0.294 e. The predicted octanol–water partition coefficient (Wildman–Crippen LogP) is 2.03. The summed E-state index contributed by atoms with van der Waals surface area (Å²) < 4.78 is 5.51. The molecule has 2 rings (SSSR count). The topological polar surface area (TPSA) is 102 Å². The molecule has 1 aromatic rings. The normalized spacial score (nSPS) is 20.3. The summed E-state index contributed by atoms with van der Waals surface area (Å²) in [5.74, 6) is -0.788. The van der Waals surface area contributed by atoms with Crippen LogP contribution in [-0.4, -0.2) is 28.1 Å². The number of ether oxygens (including phenoxy) is 1. The highest BCUT2D eigenvalue weighted by Crippen LogP contribution is 2.38. The van der Waals surface area contributed by atoms with Gasteiger partial charge in [0.2, 0.25) is 11.5 Å². The third-order valence-electron chi connectivity index (χ3n) is 3.14. The van der Waals surface area contributed by atoms with Crippen LogP contribution in [0.25, 0.3) is 0 Å². The predicted molar refractivity (Wildman–Crippen MR) is 78.5 cm³/mol. The van der Waals surface area contributed by atoms with Crippen LogP contribution in [-0.2, 0) is 14.3 Å². The highest BCUT2D eigenvalue weighted by molar-refractivity contribution is 6.36. The van der Waals surface area contributed by atoms with Crippen molar-refractivity contribution in [3.05, 3.63) is 34.4 Å². The standard InChI is InChI=1S/C14H15N3O5/c1-9(18)8-14(3)16(15-13(22-14)10(2)19)11-6-4-5-7-12(11)17(20)21/h4-7H,8H2,1-3H3. The smallest absolute Gasteiger partial charge is 0.294 e. The van der Waals surface area contributed by atoms with Crippen molar-refractivity contribution in [2.24, 2.45) is 5.10 Å². The van der Waals surface area contributed by atoms with Gasteiger partial charge < -0.3 is 4.74 Å². The summed E-state index contributed by atoms with van der Waals surface area (Å²) in [5, 5.41) is 16.4. The molecule has 1 aliphatic heterocycles. The van der Waals surface area contributed by atoms with Crippen molar-refractivity contribution in [3.63, 3.8) is 0 Å². The van der Waals surface area contributed by atoms with E-state index in [0.29, 0.717) is 0 Å². The molecule has 0 spiro atoms. The molecule has 0 radical (unpaired) electrons. The molecule has 0 saturated heterocycles. The Morgan fingerprint density at radius 1 is 1.36 bits per heavy atom. The molecule has 8 nitrogen and oxygen atoms in total. The van der Waals surface area contributed by atoms with Gasteiger partial charge in [-0.15, -0.1) is 5.10 Å². The van der Waals surface area contributed by atoms with E-state index in [9.17, 15) is 19.7 Å². The summed E-state index contributed by atoms with van der Waals surface area (Å²) in [6.07, 6.45) is -0.0701. The molecule has 1 unspecified atom stereocenters. The van der Waals surface area contributed by atoms with Crippen LogP contribution in [0.5, 0.6) is 0 Å². The number of ketones is 2. The Morgan fingerprint density at radius 3 is 2.55 bits per heavy atom. The minimum atomic E-state index is -1.28. The van der Waals surface area contributed by atoms with Crippen molar-refractivity contribution in [3.8, 4) is 0 Å². The van der Waals surface area contributed by atoms with E-state index in [0.717, 1.165) is 0 Å². The number of carbonyl (C=O) groups excluding carboxylic acids is 2. The minimum absolute atomic E-state index is 0.0701. The number of nitrogens with zero attached hydrogens (tertiary/aromatic N) is 3. The highest BCUT2D eigenvalue weighted by atomic mass is 16.6. The molecular formula is C14H15N3O5. The van der Waals surface area contributed by atoms with Crippen LogP contribution in [0.1, 0.15) is 27.2 Å². The van der Waals surface area contributed by atoms with Crippen molar-refractivity contribution < 1.29 is 19.2 Å². The first-order chi connectivity index (χ1) is 10.2. The van der Waals surface area contributed by atoms with E-state index in [1.54, 1.807) is 13.0 Å². The van der Waals surface area contributed by atoms with Gasteiger partial charge >= 0.3 is 0 Å². The van der Waals surface area contributed by atoms with Crippen LogP contribution >= 0.6 is 0 Å². The first kappa shape index (κ1) is 15.6. The molecule has 0 saturated carbocycles. The van der Waals surface area contributed by atoms with E-state index in [1.807, 2.05) is 0 Å². The van der Waals surface area contributed by atoms with E-state index in [-0.39, 0.29) is 29.5 Å². The van der Waals surface area contributed by atoms with Gasteiger partial charge in [-0.25, -0.2) is 5.01 Å². The van der Waals surface area contributed by atoms with Crippen LogP contribution in [0.4, 0.5) is 11.4 Å². The summed E-state index contributed by atoms with van der Waals surface area (Å²) >= 11 is 0. The molecule has 8 heteroatoms. The van der Waals surface area contributed by atoms with Crippen molar-refractivity contribution in [1.82, 2.24) is 0 Å². The molecule has 1 atom stereocenters. The Labute approximate surface area is 126 Å². The number of carbonyl (C=O) groups is 2. The first-order valence-electron chi connectivity index (χ1n) is 6.56. The molecule has 1 aromatic carbocycles. The maximum absolute atomic E-state index is 11.5. The molecule has 1 heterocycles. The van der Waals surface area contributed by atoms with Crippen LogP contribution in [0, 0.1) is 10.1 Å². The number of Topliss-reactive ketones (excluding diaryl/α,β-unsaturated/α-hetero) is 2. The molecule has 0 bridgehead atoms. The largest absolute Gasteiger partial charge is 0.445 e. The van der Waals surface area contributed by atoms with Crippen LogP contribution in [0.3, 0.4) is 0 Å². The van der Waals surface area contributed by atoms with Crippen molar-refractivity contribution >= 4 is 28.8 Å². The average Bonchev–Trinajstić information content (AvgIpc) is 2.75. The summed E-state index contributed by atoms with van der Waals surface area (Å²) in [4.78, 5) is 33.6. The van der Waals surface area contributed by atoms with Gasteiger partial charge in [0.1, 0.15) is 11.5 Å². The fourth-order valence-corrected chi connectivity index (χ4v) is 2.29. The SMILES string of the molecule is CC(=O)CC1(C)OC(C(C)=O)=NN1c1ccccc1[N+](=O)[O-]. The van der Waals surface area contributed by atoms with Gasteiger partial charge in [0.05, 0.1) is 11.3 Å². The third-order valence-corrected chi connectivity index (χ3v) is 3.14. The number of nitro benzene ring substituents is 1. The zero-order valence-electron chi connectivity index (χ0n) is 12.4. The van der Waals surface area contributed by atoms with E-state index < -0.39 is 16.4 Å². The van der Waals surface area contributed by atoms with E-state index >= 15 is 0 Å². The van der Waals surface area contributed by atoms with Crippen LogP contribution in [0.2, 0.25) is 0 Å². The second-order valence-corrected chi connectivity index (χ2v) is 5.17. The van der Waals surface area contributed by atoms with Crippen molar-refractivity contribution in [1.29, 1.82) is 0 Å². The maximum atomic E-state index is 11.5. The van der Waals surface area contributed by atoms with Crippen LogP contribution < -0.4 is 5.01 Å². The van der Waals surface area contributed by atoms with E-state index in [4.69, 9.17) is 4.74 Å². The number of anilines is 1. The number of hydrogen-bond acceptors (Lipinski definition) is 7. The van der Waals surface area contributed by atoms with E-state index in [2.05, 4.69) is 5.10 Å².